The first kappa shape index (κ1) is 13.3. The van der Waals surface area contributed by atoms with Crippen molar-refractivity contribution in [2.24, 2.45) is 5.92 Å². The molecule has 0 heterocycles. The van der Waals surface area contributed by atoms with Gasteiger partial charge in [-0.2, -0.15) is 0 Å². The van der Waals surface area contributed by atoms with Gasteiger partial charge in [-0.15, -0.1) is 0 Å². The zero-order chi connectivity index (χ0) is 14.0. The molecule has 1 atom stereocenters. The minimum atomic E-state index is -0.675. The summed E-state index contributed by atoms with van der Waals surface area (Å²) >= 11 is 0. The van der Waals surface area contributed by atoms with Gasteiger partial charge in [-0.3, -0.25) is 10.1 Å². The van der Waals surface area contributed by atoms with Gasteiger partial charge in [0.1, 0.15) is 5.75 Å². The molecule has 6 heteroatoms. The molecule has 102 valence electrons. The molecular weight excluding hydrogens is 250 g/mol. The summed E-state index contributed by atoms with van der Waals surface area (Å²) in [6.45, 7) is 1.61. The van der Waals surface area contributed by atoms with Gasteiger partial charge in [-0.25, -0.2) is 4.79 Å². The molecule has 0 saturated heterocycles. The van der Waals surface area contributed by atoms with Crippen LogP contribution in [0.3, 0.4) is 0 Å². The van der Waals surface area contributed by atoms with Crippen molar-refractivity contribution in [1.82, 2.24) is 0 Å². The van der Waals surface area contributed by atoms with Crippen LogP contribution in [0.25, 0.3) is 0 Å². The molecule has 1 unspecified atom stereocenters. The predicted octanol–water partition coefficient (Wildman–Crippen LogP) is 2.23. The summed E-state index contributed by atoms with van der Waals surface area (Å²) in [7, 11) is 1.31. The Kier molecular flexibility index (Phi) is 3.69. The number of esters is 1. The van der Waals surface area contributed by atoms with E-state index in [4.69, 9.17) is 9.47 Å². The largest absolute Gasteiger partial charge is 0.478 e. The Morgan fingerprint density at radius 2 is 2.16 bits per heavy atom. The van der Waals surface area contributed by atoms with Crippen LogP contribution in [0, 0.1) is 23.0 Å². The highest BCUT2D eigenvalue weighted by atomic mass is 16.6. The van der Waals surface area contributed by atoms with Crippen LogP contribution in [0.5, 0.6) is 5.75 Å². The summed E-state index contributed by atoms with van der Waals surface area (Å²) in [6, 6.07) is 4.58. The van der Waals surface area contributed by atoms with Gasteiger partial charge in [0.2, 0.25) is 0 Å². The maximum absolute atomic E-state index is 11.6. The highest BCUT2D eigenvalue weighted by Gasteiger charge is 2.39. The van der Waals surface area contributed by atoms with E-state index in [1.807, 2.05) is 0 Å². The van der Waals surface area contributed by atoms with Gasteiger partial charge in [-0.1, -0.05) is 6.07 Å². The molecule has 2 rings (SSSR count). The Hall–Kier alpha value is -2.11. The van der Waals surface area contributed by atoms with Gasteiger partial charge in [0.05, 0.1) is 17.6 Å². The number of nitro groups is 1. The lowest BCUT2D eigenvalue weighted by atomic mass is 10.1. The van der Waals surface area contributed by atoms with Gasteiger partial charge in [0.25, 0.3) is 5.69 Å². The van der Waals surface area contributed by atoms with Crippen LogP contribution in [0.4, 0.5) is 5.69 Å². The number of ether oxygens (including phenoxy) is 2. The first-order chi connectivity index (χ1) is 9.04. The number of hydrogen-bond acceptors (Lipinski definition) is 5. The summed E-state index contributed by atoms with van der Waals surface area (Å²) in [4.78, 5) is 22.0. The summed E-state index contributed by atoms with van der Waals surface area (Å²) in [5.74, 6) is 0.0658. The number of carbonyl (C=O) groups is 1. The number of nitro benzene ring substituents is 1. The van der Waals surface area contributed by atoms with Crippen LogP contribution < -0.4 is 4.74 Å². The van der Waals surface area contributed by atoms with Crippen molar-refractivity contribution in [2.75, 3.05) is 7.11 Å². The Labute approximate surface area is 110 Å². The molecule has 0 aliphatic heterocycles. The number of benzene rings is 1. The van der Waals surface area contributed by atoms with Gasteiger partial charge in [-0.05, 0) is 25.8 Å². The fraction of sp³-hybridized carbons (Fsp3) is 0.462. The molecule has 0 aromatic heterocycles. The Morgan fingerprint density at radius 1 is 1.47 bits per heavy atom. The number of carbonyl (C=O) groups excluding carboxylic acids is 1. The number of nitrogens with zero attached hydrogens (tertiary/aromatic N) is 1. The Bertz CT molecular complexity index is 510. The smallest absolute Gasteiger partial charge is 0.347 e. The van der Waals surface area contributed by atoms with E-state index in [2.05, 4.69) is 0 Å². The molecule has 0 radical (unpaired) electrons. The van der Waals surface area contributed by atoms with Crippen molar-refractivity contribution in [3.63, 3.8) is 0 Å². The fourth-order valence-electron chi connectivity index (χ4n) is 1.92. The standard InChI is InChI=1S/C13H15NO5/c1-8-10(14(16)17)4-3-5-11(8)19-12(9-6-7-9)13(15)18-2/h3-5,9,12H,6-7H2,1-2H3. The lowest BCUT2D eigenvalue weighted by Gasteiger charge is -2.17. The Morgan fingerprint density at radius 3 is 2.68 bits per heavy atom. The van der Waals surface area contributed by atoms with Crippen molar-refractivity contribution >= 4 is 11.7 Å². The number of rotatable bonds is 5. The van der Waals surface area contributed by atoms with Crippen LogP contribution in [0.2, 0.25) is 0 Å². The Balaban J connectivity index is 2.24. The second-order valence-corrected chi connectivity index (χ2v) is 4.56. The fourth-order valence-corrected chi connectivity index (χ4v) is 1.92. The molecule has 1 aliphatic rings. The molecule has 19 heavy (non-hydrogen) atoms. The molecular formula is C13H15NO5. The molecule has 0 amide bonds. The van der Waals surface area contributed by atoms with Crippen LogP contribution in [0.1, 0.15) is 18.4 Å². The molecule has 6 nitrogen and oxygen atoms in total. The van der Waals surface area contributed by atoms with E-state index in [0.717, 1.165) is 12.8 Å². The SMILES string of the molecule is COC(=O)C(Oc1cccc([N+](=O)[O-])c1C)C1CC1. The molecule has 1 aromatic rings. The zero-order valence-electron chi connectivity index (χ0n) is 10.8. The third-order valence-corrected chi connectivity index (χ3v) is 3.19. The summed E-state index contributed by atoms with van der Waals surface area (Å²) in [5, 5.41) is 10.9. The molecule has 0 spiro atoms. The molecule has 1 aromatic carbocycles. The second kappa shape index (κ2) is 5.26. The highest BCUT2D eigenvalue weighted by molar-refractivity contribution is 5.76. The third-order valence-electron chi connectivity index (χ3n) is 3.19. The highest BCUT2D eigenvalue weighted by Crippen LogP contribution is 2.37. The first-order valence-electron chi connectivity index (χ1n) is 6.03. The molecule has 0 bridgehead atoms. The minimum absolute atomic E-state index is 0.0167. The lowest BCUT2D eigenvalue weighted by molar-refractivity contribution is -0.385. The van der Waals surface area contributed by atoms with Gasteiger partial charge in [0, 0.05) is 12.0 Å². The van der Waals surface area contributed by atoms with E-state index in [9.17, 15) is 14.9 Å². The quantitative estimate of drug-likeness (QED) is 0.463. The van der Waals surface area contributed by atoms with Crippen molar-refractivity contribution < 1.29 is 19.2 Å². The van der Waals surface area contributed by atoms with Gasteiger partial charge < -0.3 is 9.47 Å². The molecule has 1 aliphatic carbocycles. The second-order valence-electron chi connectivity index (χ2n) is 4.56. The van der Waals surface area contributed by atoms with Crippen LogP contribution >= 0.6 is 0 Å². The van der Waals surface area contributed by atoms with Crippen LogP contribution in [0.15, 0.2) is 18.2 Å². The van der Waals surface area contributed by atoms with E-state index < -0.39 is 17.0 Å². The third kappa shape index (κ3) is 2.83. The van der Waals surface area contributed by atoms with Crippen molar-refractivity contribution in [3.05, 3.63) is 33.9 Å². The summed E-state index contributed by atoms with van der Waals surface area (Å²) < 4.78 is 10.3. The number of methoxy groups -OCH3 is 1. The van der Waals surface area contributed by atoms with E-state index in [0.29, 0.717) is 11.3 Å². The normalized spacial score (nSPS) is 15.7. The van der Waals surface area contributed by atoms with E-state index >= 15 is 0 Å². The summed E-state index contributed by atoms with van der Waals surface area (Å²) in [5.41, 5.74) is 0.402. The lowest BCUT2D eigenvalue weighted by Crippen LogP contribution is -2.30. The topological polar surface area (TPSA) is 78.7 Å². The summed E-state index contributed by atoms with van der Waals surface area (Å²) in [6.07, 6.45) is 1.15. The van der Waals surface area contributed by atoms with Crippen molar-refractivity contribution in [2.45, 2.75) is 25.9 Å². The van der Waals surface area contributed by atoms with E-state index in [-0.39, 0.29) is 11.6 Å². The minimum Gasteiger partial charge on any atom is -0.478 e. The number of hydrogen-bond donors (Lipinski definition) is 0. The van der Waals surface area contributed by atoms with Crippen LogP contribution in [-0.2, 0) is 9.53 Å². The monoisotopic (exact) mass is 265 g/mol. The van der Waals surface area contributed by atoms with E-state index in [1.54, 1.807) is 19.1 Å². The van der Waals surface area contributed by atoms with Crippen molar-refractivity contribution in [1.29, 1.82) is 0 Å². The predicted molar refractivity (Wildman–Crippen MR) is 67.0 cm³/mol. The van der Waals surface area contributed by atoms with Crippen molar-refractivity contribution in [3.8, 4) is 5.75 Å². The van der Waals surface area contributed by atoms with E-state index in [1.165, 1.54) is 13.2 Å². The average molecular weight is 265 g/mol. The molecule has 1 fully saturated rings. The van der Waals surface area contributed by atoms with Gasteiger partial charge in [0.15, 0.2) is 6.10 Å². The first-order valence-corrected chi connectivity index (χ1v) is 6.03. The average Bonchev–Trinajstić information content (AvgIpc) is 3.20. The maximum atomic E-state index is 11.6. The maximum Gasteiger partial charge on any atom is 0.347 e. The van der Waals surface area contributed by atoms with Gasteiger partial charge >= 0.3 is 5.97 Å². The van der Waals surface area contributed by atoms with Crippen LogP contribution in [-0.4, -0.2) is 24.1 Å². The molecule has 0 N–H and O–H groups in total. The zero-order valence-corrected chi connectivity index (χ0v) is 10.8. The molecule has 1 saturated carbocycles.